The summed E-state index contributed by atoms with van der Waals surface area (Å²) in [6.45, 7) is 1.87. The van der Waals surface area contributed by atoms with E-state index in [1.54, 1.807) is 43.3 Å². The molecular formula is C20H20N4O4S. The highest BCUT2D eigenvalue weighted by Crippen LogP contribution is 2.24. The van der Waals surface area contributed by atoms with Crippen LogP contribution in [0.2, 0.25) is 0 Å². The molecular weight excluding hydrogens is 392 g/mol. The molecule has 1 atom stereocenters. The van der Waals surface area contributed by atoms with E-state index in [0.29, 0.717) is 21.8 Å². The van der Waals surface area contributed by atoms with Crippen molar-refractivity contribution in [3.8, 4) is 0 Å². The average Bonchev–Trinajstić information content (AvgIpc) is 3.35. The third-order valence-corrected chi connectivity index (χ3v) is 5.61. The Labute approximate surface area is 170 Å². The van der Waals surface area contributed by atoms with Crippen molar-refractivity contribution in [3.05, 3.63) is 58.8 Å². The SMILES string of the molecule is CC(Sc1nc2ccccc2c(=O)n1Cc1ccco1)C(=O)NC(=O)NC1CC1. The Bertz CT molecular complexity index is 1110. The molecule has 1 unspecified atom stereocenters. The van der Waals surface area contributed by atoms with Crippen molar-refractivity contribution in [2.75, 3.05) is 0 Å². The van der Waals surface area contributed by atoms with Crippen molar-refractivity contribution in [2.24, 2.45) is 0 Å². The lowest BCUT2D eigenvalue weighted by Gasteiger charge is -2.15. The molecule has 0 aliphatic heterocycles. The van der Waals surface area contributed by atoms with Gasteiger partial charge < -0.3 is 9.73 Å². The molecule has 2 N–H and O–H groups in total. The highest BCUT2D eigenvalue weighted by molar-refractivity contribution is 8.00. The molecule has 150 valence electrons. The van der Waals surface area contributed by atoms with E-state index >= 15 is 0 Å². The fraction of sp³-hybridized carbons (Fsp3) is 0.300. The van der Waals surface area contributed by atoms with Crippen molar-refractivity contribution in [2.45, 2.75) is 42.8 Å². The maximum Gasteiger partial charge on any atom is 0.321 e. The Hall–Kier alpha value is -3.07. The first-order chi connectivity index (χ1) is 14.0. The largest absolute Gasteiger partial charge is 0.467 e. The van der Waals surface area contributed by atoms with E-state index in [1.165, 1.54) is 10.8 Å². The van der Waals surface area contributed by atoms with Crippen LogP contribution in [0, 0.1) is 0 Å². The zero-order chi connectivity index (χ0) is 20.4. The molecule has 2 heterocycles. The van der Waals surface area contributed by atoms with Crippen LogP contribution in [-0.4, -0.2) is 32.8 Å². The first-order valence-electron chi connectivity index (χ1n) is 9.31. The van der Waals surface area contributed by atoms with E-state index in [4.69, 9.17) is 4.42 Å². The van der Waals surface area contributed by atoms with Crippen molar-refractivity contribution < 1.29 is 14.0 Å². The summed E-state index contributed by atoms with van der Waals surface area (Å²) in [5.41, 5.74) is 0.336. The molecule has 1 aromatic carbocycles. The first-order valence-corrected chi connectivity index (χ1v) is 10.2. The van der Waals surface area contributed by atoms with Crippen LogP contribution in [0.25, 0.3) is 10.9 Å². The van der Waals surface area contributed by atoms with Crippen molar-refractivity contribution in [1.82, 2.24) is 20.2 Å². The molecule has 8 nitrogen and oxygen atoms in total. The number of hydrogen-bond donors (Lipinski definition) is 2. The quantitative estimate of drug-likeness (QED) is 0.476. The molecule has 1 aliphatic rings. The number of nitrogens with one attached hydrogen (secondary N) is 2. The van der Waals surface area contributed by atoms with Gasteiger partial charge in [0.05, 0.1) is 29.0 Å². The van der Waals surface area contributed by atoms with Gasteiger partial charge in [0.1, 0.15) is 5.76 Å². The highest BCUT2D eigenvalue weighted by Gasteiger charge is 2.26. The van der Waals surface area contributed by atoms with Gasteiger partial charge in [-0.05, 0) is 44.0 Å². The van der Waals surface area contributed by atoms with Gasteiger partial charge in [0.25, 0.3) is 5.56 Å². The summed E-state index contributed by atoms with van der Waals surface area (Å²) in [6, 6.07) is 10.2. The fourth-order valence-electron chi connectivity index (χ4n) is 2.81. The van der Waals surface area contributed by atoms with Crippen LogP contribution in [0.15, 0.2) is 57.0 Å². The zero-order valence-electron chi connectivity index (χ0n) is 15.8. The number of carbonyl (C=O) groups is 2. The number of amides is 3. The van der Waals surface area contributed by atoms with Gasteiger partial charge in [0.15, 0.2) is 5.16 Å². The van der Waals surface area contributed by atoms with Crippen molar-refractivity contribution in [1.29, 1.82) is 0 Å². The lowest BCUT2D eigenvalue weighted by atomic mass is 10.2. The van der Waals surface area contributed by atoms with Gasteiger partial charge in [-0.1, -0.05) is 23.9 Å². The summed E-state index contributed by atoms with van der Waals surface area (Å²) >= 11 is 1.12. The summed E-state index contributed by atoms with van der Waals surface area (Å²) in [5.74, 6) is 0.159. The number of fused-ring (bicyclic) bond motifs is 1. The number of rotatable bonds is 6. The molecule has 4 rings (SSSR count). The standard InChI is InChI=1S/C20H20N4O4S/c1-12(17(25)23-19(27)21-13-8-9-13)29-20-22-16-7-3-2-6-15(16)18(26)24(20)11-14-5-4-10-28-14/h2-7,10,12-13H,8-9,11H2,1H3,(H2,21,23,25,27). The molecule has 0 saturated heterocycles. The van der Waals surface area contributed by atoms with E-state index in [-0.39, 0.29) is 18.1 Å². The number of benzene rings is 1. The summed E-state index contributed by atoms with van der Waals surface area (Å²) in [6.07, 6.45) is 3.41. The predicted molar refractivity (Wildman–Crippen MR) is 109 cm³/mol. The summed E-state index contributed by atoms with van der Waals surface area (Å²) < 4.78 is 6.86. The van der Waals surface area contributed by atoms with Crippen LogP contribution in [0.5, 0.6) is 0 Å². The molecule has 29 heavy (non-hydrogen) atoms. The lowest BCUT2D eigenvalue weighted by molar-refractivity contribution is -0.119. The van der Waals surface area contributed by atoms with Gasteiger partial charge in [-0.25, -0.2) is 9.78 Å². The number of aromatic nitrogens is 2. The molecule has 1 fully saturated rings. The number of furan rings is 1. The predicted octanol–water partition coefficient (Wildman–Crippen LogP) is 2.51. The van der Waals surface area contributed by atoms with Crippen LogP contribution in [0.1, 0.15) is 25.5 Å². The first kappa shape index (κ1) is 19.3. The number of imide groups is 1. The minimum atomic E-state index is -0.629. The molecule has 2 aromatic heterocycles. The number of para-hydroxylation sites is 1. The average molecular weight is 412 g/mol. The van der Waals surface area contributed by atoms with Gasteiger partial charge >= 0.3 is 6.03 Å². The van der Waals surface area contributed by atoms with E-state index in [9.17, 15) is 14.4 Å². The van der Waals surface area contributed by atoms with Crippen LogP contribution >= 0.6 is 11.8 Å². The fourth-order valence-corrected chi connectivity index (χ4v) is 3.72. The second-order valence-corrected chi connectivity index (χ2v) is 8.19. The van der Waals surface area contributed by atoms with Crippen LogP contribution in [0.4, 0.5) is 4.79 Å². The highest BCUT2D eigenvalue weighted by atomic mass is 32.2. The zero-order valence-corrected chi connectivity index (χ0v) is 16.6. The topological polar surface area (TPSA) is 106 Å². The van der Waals surface area contributed by atoms with E-state index in [2.05, 4.69) is 15.6 Å². The third-order valence-electron chi connectivity index (χ3n) is 4.52. The summed E-state index contributed by atoms with van der Waals surface area (Å²) in [5, 5.41) is 5.30. The normalized spacial score (nSPS) is 14.5. The van der Waals surface area contributed by atoms with E-state index < -0.39 is 17.2 Å². The minimum Gasteiger partial charge on any atom is -0.467 e. The Balaban J connectivity index is 1.59. The molecule has 0 radical (unpaired) electrons. The van der Waals surface area contributed by atoms with Gasteiger partial charge in [-0.15, -0.1) is 0 Å². The van der Waals surface area contributed by atoms with Crippen LogP contribution < -0.4 is 16.2 Å². The Kier molecular flexibility index (Phi) is 5.39. The molecule has 1 saturated carbocycles. The van der Waals surface area contributed by atoms with Gasteiger partial charge in [0.2, 0.25) is 5.91 Å². The Morgan fingerprint density at radius 2 is 2.07 bits per heavy atom. The molecule has 3 amide bonds. The number of carbonyl (C=O) groups excluding carboxylic acids is 2. The second-order valence-electron chi connectivity index (χ2n) is 6.88. The van der Waals surface area contributed by atoms with Gasteiger partial charge in [0, 0.05) is 6.04 Å². The van der Waals surface area contributed by atoms with E-state index in [1.807, 2.05) is 0 Å². The maximum absolute atomic E-state index is 13.0. The monoisotopic (exact) mass is 412 g/mol. The smallest absolute Gasteiger partial charge is 0.321 e. The summed E-state index contributed by atoms with van der Waals surface area (Å²) in [7, 11) is 0. The lowest BCUT2D eigenvalue weighted by Crippen LogP contribution is -2.43. The molecule has 9 heteroatoms. The van der Waals surface area contributed by atoms with Crippen molar-refractivity contribution in [3.63, 3.8) is 0 Å². The number of nitrogens with zero attached hydrogens (tertiary/aromatic N) is 2. The molecule has 0 bridgehead atoms. The van der Waals surface area contributed by atoms with Crippen LogP contribution in [0.3, 0.4) is 0 Å². The van der Waals surface area contributed by atoms with Crippen LogP contribution in [-0.2, 0) is 11.3 Å². The number of thioether (sulfide) groups is 1. The van der Waals surface area contributed by atoms with E-state index in [0.717, 1.165) is 24.6 Å². The molecule has 3 aromatic rings. The Morgan fingerprint density at radius 1 is 1.28 bits per heavy atom. The summed E-state index contributed by atoms with van der Waals surface area (Å²) in [4.78, 5) is 41.9. The maximum atomic E-state index is 13.0. The van der Waals surface area contributed by atoms with Gasteiger partial charge in [-0.2, -0.15) is 0 Å². The minimum absolute atomic E-state index is 0.159. The van der Waals surface area contributed by atoms with Crippen molar-refractivity contribution >= 4 is 34.6 Å². The molecule has 0 spiro atoms. The number of urea groups is 1. The molecule has 1 aliphatic carbocycles. The number of hydrogen-bond acceptors (Lipinski definition) is 6. The van der Waals surface area contributed by atoms with Gasteiger partial charge in [-0.3, -0.25) is 19.5 Å². The Morgan fingerprint density at radius 3 is 2.79 bits per heavy atom. The second kappa shape index (κ2) is 8.12. The third kappa shape index (κ3) is 4.51.